The Morgan fingerprint density at radius 1 is 1.11 bits per heavy atom. The van der Waals surface area contributed by atoms with Crippen LogP contribution in [0.4, 0.5) is 14.5 Å². The van der Waals surface area contributed by atoms with Crippen LogP contribution in [0.3, 0.4) is 0 Å². The minimum atomic E-state index is -0.429. The number of nitrogens with zero attached hydrogens (tertiary/aromatic N) is 1. The molecule has 2 aromatic carbocycles. The molecule has 144 valence electrons. The molecule has 1 aliphatic rings. The van der Waals surface area contributed by atoms with Crippen LogP contribution >= 0.6 is 0 Å². The van der Waals surface area contributed by atoms with Gasteiger partial charge in [0.05, 0.1) is 6.54 Å². The third-order valence-electron chi connectivity index (χ3n) is 5.35. The summed E-state index contributed by atoms with van der Waals surface area (Å²) in [7, 11) is 0. The van der Waals surface area contributed by atoms with Gasteiger partial charge in [-0.15, -0.1) is 0 Å². The molecular formula is C22H26F2N2O. The third kappa shape index (κ3) is 5.13. The highest BCUT2D eigenvalue weighted by Gasteiger charge is 2.25. The van der Waals surface area contributed by atoms with Crippen molar-refractivity contribution in [1.29, 1.82) is 0 Å². The van der Waals surface area contributed by atoms with Crippen molar-refractivity contribution < 1.29 is 13.6 Å². The molecule has 5 heteroatoms. The van der Waals surface area contributed by atoms with E-state index < -0.39 is 5.82 Å². The Morgan fingerprint density at radius 2 is 1.93 bits per heavy atom. The molecule has 1 heterocycles. The summed E-state index contributed by atoms with van der Waals surface area (Å²) >= 11 is 0. The highest BCUT2D eigenvalue weighted by Crippen LogP contribution is 2.23. The van der Waals surface area contributed by atoms with Gasteiger partial charge >= 0.3 is 0 Å². The van der Waals surface area contributed by atoms with Crippen molar-refractivity contribution in [3.8, 4) is 0 Å². The molecule has 2 aromatic rings. The van der Waals surface area contributed by atoms with E-state index in [2.05, 4.69) is 10.2 Å². The molecule has 27 heavy (non-hydrogen) atoms. The van der Waals surface area contributed by atoms with Crippen LogP contribution in [-0.2, 0) is 11.2 Å². The second-order valence-corrected chi connectivity index (χ2v) is 7.41. The van der Waals surface area contributed by atoms with E-state index in [-0.39, 0.29) is 24.3 Å². The Hall–Kier alpha value is -2.27. The molecule has 1 fully saturated rings. The molecule has 1 saturated heterocycles. The molecule has 0 aromatic heterocycles. The van der Waals surface area contributed by atoms with E-state index in [0.717, 1.165) is 43.1 Å². The fourth-order valence-corrected chi connectivity index (χ4v) is 3.66. The second kappa shape index (κ2) is 8.61. The largest absolute Gasteiger partial charge is 0.325 e. The Labute approximate surface area is 159 Å². The maximum atomic E-state index is 14.0. The van der Waals surface area contributed by atoms with E-state index in [4.69, 9.17) is 0 Å². The van der Waals surface area contributed by atoms with Crippen molar-refractivity contribution in [3.63, 3.8) is 0 Å². The number of anilines is 1. The number of likely N-dealkylation sites (tertiary alicyclic amines) is 1. The van der Waals surface area contributed by atoms with E-state index in [1.165, 1.54) is 17.7 Å². The Kier molecular flexibility index (Phi) is 6.22. The third-order valence-corrected chi connectivity index (χ3v) is 5.35. The van der Waals surface area contributed by atoms with Crippen molar-refractivity contribution in [1.82, 2.24) is 4.90 Å². The lowest BCUT2D eigenvalue weighted by Gasteiger charge is -2.35. The lowest BCUT2D eigenvalue weighted by atomic mass is 9.95. The topological polar surface area (TPSA) is 32.3 Å². The van der Waals surface area contributed by atoms with E-state index in [1.807, 2.05) is 32.0 Å². The number of nitrogens with one attached hydrogen (secondary N) is 1. The minimum absolute atomic E-state index is 0.0422. The van der Waals surface area contributed by atoms with Crippen molar-refractivity contribution >= 4 is 11.6 Å². The molecule has 0 radical (unpaired) electrons. The fraction of sp³-hybridized carbons (Fsp3) is 0.409. The SMILES string of the molecule is Cc1ccc(NC(=O)CN2CCCCC2Cc2cc(F)ccc2F)cc1C. The number of piperidine rings is 1. The predicted molar refractivity (Wildman–Crippen MR) is 104 cm³/mol. The fourth-order valence-electron chi connectivity index (χ4n) is 3.66. The molecule has 1 amide bonds. The van der Waals surface area contributed by atoms with Crippen LogP contribution in [0.15, 0.2) is 36.4 Å². The quantitative estimate of drug-likeness (QED) is 0.831. The van der Waals surface area contributed by atoms with Crippen LogP contribution in [0.2, 0.25) is 0 Å². The molecule has 3 rings (SSSR count). The molecule has 0 aliphatic carbocycles. The molecule has 0 saturated carbocycles. The smallest absolute Gasteiger partial charge is 0.238 e. The van der Waals surface area contributed by atoms with Crippen molar-refractivity contribution in [2.75, 3.05) is 18.4 Å². The van der Waals surface area contributed by atoms with E-state index in [1.54, 1.807) is 0 Å². The number of amides is 1. The van der Waals surface area contributed by atoms with Gasteiger partial charge in [0, 0.05) is 11.7 Å². The van der Waals surface area contributed by atoms with Gasteiger partial charge < -0.3 is 5.32 Å². The van der Waals surface area contributed by atoms with Crippen molar-refractivity contribution in [2.24, 2.45) is 0 Å². The standard InChI is InChI=1S/C22H26F2N2O/c1-15-6-8-19(11-16(15)2)25-22(27)14-26-10-4-3-5-20(26)13-17-12-18(23)7-9-21(17)24/h6-9,11-12,20H,3-5,10,13-14H2,1-2H3,(H,25,27). The van der Waals surface area contributed by atoms with Crippen LogP contribution in [0.5, 0.6) is 0 Å². The van der Waals surface area contributed by atoms with Crippen LogP contribution in [-0.4, -0.2) is 29.9 Å². The van der Waals surface area contributed by atoms with Gasteiger partial charge in [0.15, 0.2) is 0 Å². The number of hydrogen-bond donors (Lipinski definition) is 1. The van der Waals surface area contributed by atoms with Crippen LogP contribution in [0.25, 0.3) is 0 Å². The highest BCUT2D eigenvalue weighted by atomic mass is 19.1. The first-order chi connectivity index (χ1) is 12.9. The molecule has 1 atom stereocenters. The monoisotopic (exact) mass is 372 g/mol. The maximum absolute atomic E-state index is 14.0. The average molecular weight is 372 g/mol. The Bertz CT molecular complexity index is 822. The zero-order valence-electron chi connectivity index (χ0n) is 15.9. The highest BCUT2D eigenvalue weighted by molar-refractivity contribution is 5.92. The molecule has 1 aliphatic heterocycles. The molecule has 1 N–H and O–H groups in total. The summed E-state index contributed by atoms with van der Waals surface area (Å²) < 4.78 is 27.5. The lowest BCUT2D eigenvalue weighted by Crippen LogP contribution is -2.45. The first kappa shape index (κ1) is 19.5. The number of hydrogen-bond acceptors (Lipinski definition) is 2. The molecule has 1 unspecified atom stereocenters. The number of aryl methyl sites for hydroxylation is 2. The summed E-state index contributed by atoms with van der Waals surface area (Å²) in [6, 6.07) is 9.46. The van der Waals surface area contributed by atoms with Crippen LogP contribution < -0.4 is 5.32 Å². The van der Waals surface area contributed by atoms with Gasteiger partial charge in [-0.3, -0.25) is 9.69 Å². The van der Waals surface area contributed by atoms with Gasteiger partial charge in [0.2, 0.25) is 5.91 Å². The normalized spacial score (nSPS) is 17.7. The van der Waals surface area contributed by atoms with E-state index in [0.29, 0.717) is 12.0 Å². The number of benzene rings is 2. The van der Waals surface area contributed by atoms with Crippen LogP contribution in [0.1, 0.15) is 36.0 Å². The summed E-state index contributed by atoms with van der Waals surface area (Å²) in [4.78, 5) is 14.6. The van der Waals surface area contributed by atoms with Crippen molar-refractivity contribution in [2.45, 2.75) is 45.6 Å². The van der Waals surface area contributed by atoms with Gasteiger partial charge in [0.25, 0.3) is 0 Å². The predicted octanol–water partition coefficient (Wildman–Crippen LogP) is 4.62. The van der Waals surface area contributed by atoms with Gasteiger partial charge in [-0.2, -0.15) is 0 Å². The summed E-state index contributed by atoms with van der Waals surface area (Å²) in [5, 5.41) is 2.95. The summed E-state index contributed by atoms with van der Waals surface area (Å²) in [5.74, 6) is -0.896. The first-order valence-electron chi connectivity index (χ1n) is 9.47. The first-order valence-corrected chi connectivity index (χ1v) is 9.47. The summed E-state index contributed by atoms with van der Waals surface area (Å²) in [6.07, 6.45) is 3.35. The van der Waals surface area contributed by atoms with Crippen LogP contribution in [0, 0.1) is 25.5 Å². The van der Waals surface area contributed by atoms with E-state index in [9.17, 15) is 13.6 Å². The number of rotatable bonds is 5. The number of carbonyl (C=O) groups excluding carboxylic acids is 1. The molecule has 3 nitrogen and oxygen atoms in total. The summed E-state index contributed by atoms with van der Waals surface area (Å²) in [5.41, 5.74) is 3.47. The molecule has 0 bridgehead atoms. The minimum Gasteiger partial charge on any atom is -0.325 e. The van der Waals surface area contributed by atoms with Gasteiger partial charge in [0.1, 0.15) is 11.6 Å². The maximum Gasteiger partial charge on any atom is 0.238 e. The van der Waals surface area contributed by atoms with Gasteiger partial charge in [-0.1, -0.05) is 12.5 Å². The van der Waals surface area contributed by atoms with Gasteiger partial charge in [-0.05, 0) is 86.7 Å². The number of halogens is 2. The Balaban J connectivity index is 1.65. The lowest BCUT2D eigenvalue weighted by molar-refractivity contribution is -0.118. The summed E-state index contributed by atoms with van der Waals surface area (Å²) in [6.45, 7) is 5.10. The number of carbonyl (C=O) groups is 1. The zero-order valence-corrected chi connectivity index (χ0v) is 15.9. The molecule has 0 spiro atoms. The van der Waals surface area contributed by atoms with E-state index >= 15 is 0 Å². The second-order valence-electron chi connectivity index (χ2n) is 7.41. The van der Waals surface area contributed by atoms with Gasteiger partial charge in [-0.25, -0.2) is 8.78 Å². The molecular weight excluding hydrogens is 346 g/mol. The Morgan fingerprint density at radius 3 is 2.70 bits per heavy atom. The zero-order chi connectivity index (χ0) is 19.4. The van der Waals surface area contributed by atoms with Crippen molar-refractivity contribution in [3.05, 3.63) is 64.7 Å². The average Bonchev–Trinajstić information content (AvgIpc) is 2.63.